The van der Waals surface area contributed by atoms with Gasteiger partial charge in [-0.3, -0.25) is 0 Å². The van der Waals surface area contributed by atoms with E-state index in [9.17, 15) is 0 Å². The summed E-state index contributed by atoms with van der Waals surface area (Å²) in [6, 6.07) is 12.5. The first-order valence-electron chi connectivity index (χ1n) is 7.50. The van der Waals surface area contributed by atoms with Gasteiger partial charge in [0.05, 0.1) is 26.0 Å². The molecule has 0 fully saturated rings. The Morgan fingerprint density at radius 3 is 2.25 bits per heavy atom. The highest BCUT2D eigenvalue weighted by atomic mass is 35.5. The fraction of sp³-hybridized carbons (Fsp3) is 0.294. The van der Waals surface area contributed by atoms with Gasteiger partial charge < -0.3 is 19.8 Å². The van der Waals surface area contributed by atoms with Gasteiger partial charge >= 0.3 is 0 Å². The molecule has 0 amide bonds. The SMILES string of the molecule is COc1cc(Cl)ccc1N=Nc1ccc(N(CCO)CCO)cc1. The molecule has 0 bridgehead atoms. The van der Waals surface area contributed by atoms with Crippen LogP contribution in [0, 0.1) is 0 Å². The number of azo groups is 1. The summed E-state index contributed by atoms with van der Waals surface area (Å²) in [7, 11) is 1.55. The third-order valence-electron chi connectivity index (χ3n) is 3.37. The number of benzene rings is 2. The molecule has 0 heterocycles. The number of halogens is 1. The number of rotatable bonds is 8. The van der Waals surface area contributed by atoms with Gasteiger partial charge in [0, 0.05) is 29.9 Å². The van der Waals surface area contributed by atoms with Crippen LogP contribution in [0.1, 0.15) is 0 Å². The van der Waals surface area contributed by atoms with Gasteiger partial charge in [-0.15, -0.1) is 5.11 Å². The Labute approximate surface area is 146 Å². The molecule has 0 unspecified atom stereocenters. The molecule has 2 aromatic rings. The van der Waals surface area contributed by atoms with Crippen molar-refractivity contribution in [2.75, 3.05) is 38.3 Å². The Morgan fingerprint density at radius 2 is 1.67 bits per heavy atom. The van der Waals surface area contributed by atoms with Crippen molar-refractivity contribution >= 4 is 28.7 Å². The molecule has 0 aliphatic carbocycles. The molecule has 0 saturated carbocycles. The van der Waals surface area contributed by atoms with Crippen LogP contribution in [-0.4, -0.2) is 43.6 Å². The smallest absolute Gasteiger partial charge is 0.147 e. The van der Waals surface area contributed by atoms with Crippen molar-refractivity contribution in [2.45, 2.75) is 0 Å². The van der Waals surface area contributed by atoms with Gasteiger partial charge in [0.25, 0.3) is 0 Å². The van der Waals surface area contributed by atoms with E-state index in [1.807, 2.05) is 29.2 Å². The normalized spacial score (nSPS) is 11.0. The van der Waals surface area contributed by atoms with Crippen molar-refractivity contribution in [3.05, 3.63) is 47.5 Å². The van der Waals surface area contributed by atoms with E-state index in [4.69, 9.17) is 26.6 Å². The molecule has 0 saturated heterocycles. The van der Waals surface area contributed by atoms with Gasteiger partial charge in [0.2, 0.25) is 0 Å². The summed E-state index contributed by atoms with van der Waals surface area (Å²) in [5, 5.41) is 27.1. The first kappa shape index (κ1) is 18.2. The van der Waals surface area contributed by atoms with Gasteiger partial charge in [0.15, 0.2) is 0 Å². The largest absolute Gasteiger partial charge is 0.494 e. The minimum absolute atomic E-state index is 0.0256. The van der Waals surface area contributed by atoms with Crippen LogP contribution >= 0.6 is 11.6 Å². The molecule has 2 rings (SSSR count). The van der Waals surface area contributed by atoms with Crippen molar-refractivity contribution in [1.82, 2.24) is 0 Å². The van der Waals surface area contributed by atoms with Crippen LogP contribution in [0.2, 0.25) is 5.02 Å². The maximum absolute atomic E-state index is 9.08. The minimum atomic E-state index is 0.0256. The number of nitrogens with zero attached hydrogens (tertiary/aromatic N) is 3. The Balaban J connectivity index is 2.13. The van der Waals surface area contributed by atoms with E-state index in [1.165, 1.54) is 0 Å². The second-order valence-corrected chi connectivity index (χ2v) is 5.40. The molecule has 7 heteroatoms. The van der Waals surface area contributed by atoms with E-state index in [-0.39, 0.29) is 13.2 Å². The van der Waals surface area contributed by atoms with Crippen molar-refractivity contribution in [2.24, 2.45) is 10.2 Å². The second kappa shape index (κ2) is 9.22. The van der Waals surface area contributed by atoms with E-state index in [1.54, 1.807) is 25.3 Å². The van der Waals surface area contributed by atoms with Crippen LogP contribution in [0.5, 0.6) is 5.75 Å². The molecule has 128 valence electrons. The lowest BCUT2D eigenvalue weighted by atomic mass is 10.2. The predicted molar refractivity (Wildman–Crippen MR) is 95.0 cm³/mol. The zero-order valence-electron chi connectivity index (χ0n) is 13.4. The Morgan fingerprint density at radius 1 is 1.00 bits per heavy atom. The molecule has 2 N–H and O–H groups in total. The van der Waals surface area contributed by atoms with E-state index >= 15 is 0 Å². The van der Waals surface area contributed by atoms with E-state index in [2.05, 4.69) is 10.2 Å². The lowest BCUT2D eigenvalue weighted by molar-refractivity contribution is 0.281. The van der Waals surface area contributed by atoms with Crippen molar-refractivity contribution in [1.29, 1.82) is 0 Å². The summed E-state index contributed by atoms with van der Waals surface area (Å²) >= 11 is 5.92. The number of hydrogen-bond acceptors (Lipinski definition) is 6. The highest BCUT2D eigenvalue weighted by Crippen LogP contribution is 2.31. The van der Waals surface area contributed by atoms with Crippen molar-refractivity contribution < 1.29 is 14.9 Å². The maximum Gasteiger partial charge on any atom is 0.147 e. The molecule has 24 heavy (non-hydrogen) atoms. The molecule has 0 atom stereocenters. The summed E-state index contributed by atoms with van der Waals surface area (Å²) < 4.78 is 5.23. The average molecular weight is 350 g/mol. The molecule has 0 aliphatic heterocycles. The number of aliphatic hydroxyl groups excluding tert-OH is 2. The number of hydrogen-bond donors (Lipinski definition) is 2. The zero-order chi connectivity index (χ0) is 17.4. The van der Waals surface area contributed by atoms with Gasteiger partial charge in [0.1, 0.15) is 11.4 Å². The molecule has 0 aromatic heterocycles. The second-order valence-electron chi connectivity index (χ2n) is 4.97. The predicted octanol–water partition coefficient (Wildman–Crippen LogP) is 3.56. The van der Waals surface area contributed by atoms with Gasteiger partial charge in [-0.05, 0) is 36.4 Å². The average Bonchev–Trinajstić information content (AvgIpc) is 2.61. The van der Waals surface area contributed by atoms with Gasteiger partial charge in [-0.2, -0.15) is 5.11 Å². The van der Waals surface area contributed by atoms with Gasteiger partial charge in [-0.25, -0.2) is 0 Å². The monoisotopic (exact) mass is 349 g/mol. The molecule has 0 aliphatic rings. The van der Waals surface area contributed by atoms with E-state index in [0.717, 1.165) is 5.69 Å². The first-order chi connectivity index (χ1) is 11.7. The summed E-state index contributed by atoms with van der Waals surface area (Å²) in [6.45, 7) is 0.975. The quantitative estimate of drug-likeness (QED) is 0.714. The fourth-order valence-corrected chi connectivity index (χ4v) is 2.35. The lowest BCUT2D eigenvalue weighted by Crippen LogP contribution is -2.29. The number of ether oxygens (including phenoxy) is 1. The van der Waals surface area contributed by atoms with Crippen LogP contribution in [-0.2, 0) is 0 Å². The number of methoxy groups -OCH3 is 1. The number of aliphatic hydroxyl groups is 2. The topological polar surface area (TPSA) is 77.7 Å². The lowest BCUT2D eigenvalue weighted by Gasteiger charge is -2.22. The summed E-state index contributed by atoms with van der Waals surface area (Å²) in [5.74, 6) is 0.555. The Kier molecular flexibility index (Phi) is 6.99. The first-order valence-corrected chi connectivity index (χ1v) is 7.87. The minimum Gasteiger partial charge on any atom is -0.494 e. The summed E-state index contributed by atoms with van der Waals surface area (Å²) in [4.78, 5) is 1.89. The molecular weight excluding hydrogens is 330 g/mol. The fourth-order valence-electron chi connectivity index (χ4n) is 2.19. The third-order valence-corrected chi connectivity index (χ3v) is 3.60. The van der Waals surface area contributed by atoms with Crippen LogP contribution in [0.3, 0.4) is 0 Å². The molecule has 6 nitrogen and oxygen atoms in total. The Bertz CT molecular complexity index is 671. The van der Waals surface area contributed by atoms with Crippen LogP contribution in [0.25, 0.3) is 0 Å². The number of anilines is 1. The maximum atomic E-state index is 9.08. The third kappa shape index (κ3) is 4.92. The molecule has 2 aromatic carbocycles. The zero-order valence-corrected chi connectivity index (χ0v) is 14.1. The highest BCUT2D eigenvalue weighted by molar-refractivity contribution is 6.30. The van der Waals surface area contributed by atoms with Crippen LogP contribution < -0.4 is 9.64 Å². The summed E-state index contributed by atoms with van der Waals surface area (Å²) in [6.07, 6.45) is 0. The standard InChI is InChI=1S/C17H20ClN3O3/c1-24-17-12-13(18)2-7-16(17)20-19-14-3-5-15(6-4-14)21(8-10-22)9-11-23/h2-7,12,22-23H,8-11H2,1H3. The molecule has 0 spiro atoms. The molecular formula is C17H20ClN3O3. The van der Waals surface area contributed by atoms with E-state index < -0.39 is 0 Å². The van der Waals surface area contributed by atoms with Crippen LogP contribution in [0.4, 0.5) is 17.1 Å². The van der Waals surface area contributed by atoms with Crippen molar-refractivity contribution in [3.8, 4) is 5.75 Å². The van der Waals surface area contributed by atoms with Crippen LogP contribution in [0.15, 0.2) is 52.7 Å². The van der Waals surface area contributed by atoms with Crippen molar-refractivity contribution in [3.63, 3.8) is 0 Å². The van der Waals surface area contributed by atoms with E-state index in [0.29, 0.717) is 35.2 Å². The van der Waals surface area contributed by atoms with Gasteiger partial charge in [-0.1, -0.05) is 11.6 Å². The highest BCUT2D eigenvalue weighted by Gasteiger charge is 2.05. The molecule has 0 radical (unpaired) electrons. The Hall–Kier alpha value is -2.15. The summed E-state index contributed by atoms with van der Waals surface area (Å²) in [5.41, 5.74) is 2.18.